The summed E-state index contributed by atoms with van der Waals surface area (Å²) in [7, 11) is 0. The van der Waals surface area contributed by atoms with Crippen LogP contribution < -0.4 is 10.6 Å². The van der Waals surface area contributed by atoms with Gasteiger partial charge in [-0.3, -0.25) is 4.79 Å². The molecule has 1 heterocycles. The summed E-state index contributed by atoms with van der Waals surface area (Å²) >= 11 is 0. The van der Waals surface area contributed by atoms with Crippen LogP contribution in [-0.4, -0.2) is 49.6 Å². The van der Waals surface area contributed by atoms with Gasteiger partial charge in [-0.2, -0.15) is 0 Å². The molecule has 2 aliphatic rings. The van der Waals surface area contributed by atoms with E-state index in [4.69, 9.17) is 0 Å². The highest BCUT2D eigenvalue weighted by Crippen LogP contribution is 2.18. The second-order valence-electron chi connectivity index (χ2n) is 5.85. The Bertz CT molecular complexity index is 258. The number of rotatable bonds is 7. The van der Waals surface area contributed by atoms with Gasteiger partial charge in [0.05, 0.1) is 0 Å². The minimum Gasteiger partial charge on any atom is -0.355 e. The van der Waals surface area contributed by atoms with Crippen molar-refractivity contribution in [3.05, 3.63) is 0 Å². The fourth-order valence-corrected chi connectivity index (χ4v) is 2.40. The number of carbonyl (C=O) groups is 1. The Kier molecular flexibility index (Phi) is 5.45. The van der Waals surface area contributed by atoms with Crippen molar-refractivity contribution in [1.29, 1.82) is 0 Å². The van der Waals surface area contributed by atoms with Gasteiger partial charge in [0.15, 0.2) is 0 Å². The Hall–Kier alpha value is -0.610. The van der Waals surface area contributed by atoms with E-state index in [1.807, 2.05) is 0 Å². The highest BCUT2D eigenvalue weighted by Gasteiger charge is 2.20. The summed E-state index contributed by atoms with van der Waals surface area (Å²) in [6.07, 6.45) is 5.80. The SMILES string of the molecule is CC1CCN(CCNC(=O)CCNC2CC2)CC1. The molecule has 1 aliphatic heterocycles. The van der Waals surface area contributed by atoms with E-state index < -0.39 is 0 Å². The normalized spacial score (nSPS) is 22.1. The zero-order valence-electron chi connectivity index (χ0n) is 11.6. The molecular weight excluding hydrogens is 226 g/mol. The van der Waals surface area contributed by atoms with Crippen LogP contribution in [0.4, 0.5) is 0 Å². The topological polar surface area (TPSA) is 44.4 Å². The van der Waals surface area contributed by atoms with E-state index in [-0.39, 0.29) is 5.91 Å². The number of nitrogens with zero attached hydrogens (tertiary/aromatic N) is 1. The Morgan fingerprint density at radius 2 is 1.89 bits per heavy atom. The predicted octanol–water partition coefficient (Wildman–Crippen LogP) is 0.977. The number of likely N-dealkylation sites (tertiary alicyclic amines) is 1. The largest absolute Gasteiger partial charge is 0.355 e. The zero-order valence-corrected chi connectivity index (χ0v) is 11.6. The van der Waals surface area contributed by atoms with Crippen LogP contribution in [0.2, 0.25) is 0 Å². The van der Waals surface area contributed by atoms with E-state index >= 15 is 0 Å². The molecule has 2 fully saturated rings. The zero-order chi connectivity index (χ0) is 12.8. The molecule has 0 aromatic carbocycles. The van der Waals surface area contributed by atoms with Crippen LogP contribution >= 0.6 is 0 Å². The van der Waals surface area contributed by atoms with E-state index in [0.29, 0.717) is 12.5 Å². The quantitative estimate of drug-likeness (QED) is 0.711. The van der Waals surface area contributed by atoms with Crippen LogP contribution in [0, 0.1) is 5.92 Å². The van der Waals surface area contributed by atoms with Crippen molar-refractivity contribution in [3.8, 4) is 0 Å². The smallest absolute Gasteiger partial charge is 0.221 e. The number of hydrogen-bond donors (Lipinski definition) is 2. The van der Waals surface area contributed by atoms with Crippen molar-refractivity contribution < 1.29 is 4.79 Å². The molecular formula is C14H27N3O. The number of amides is 1. The predicted molar refractivity (Wildman–Crippen MR) is 73.5 cm³/mol. The average Bonchev–Trinajstić information content (AvgIpc) is 3.16. The lowest BCUT2D eigenvalue weighted by molar-refractivity contribution is -0.121. The van der Waals surface area contributed by atoms with E-state index in [9.17, 15) is 4.79 Å². The molecule has 0 atom stereocenters. The maximum Gasteiger partial charge on any atom is 0.221 e. The second-order valence-corrected chi connectivity index (χ2v) is 5.85. The third kappa shape index (κ3) is 5.36. The number of nitrogens with one attached hydrogen (secondary N) is 2. The first kappa shape index (κ1) is 13.8. The van der Waals surface area contributed by atoms with Crippen molar-refractivity contribution >= 4 is 5.91 Å². The molecule has 2 N–H and O–H groups in total. The molecule has 0 aromatic heterocycles. The lowest BCUT2D eigenvalue weighted by atomic mass is 9.99. The fraction of sp³-hybridized carbons (Fsp3) is 0.929. The van der Waals surface area contributed by atoms with Gasteiger partial charge >= 0.3 is 0 Å². The summed E-state index contributed by atoms with van der Waals surface area (Å²) in [6.45, 7) is 7.36. The average molecular weight is 253 g/mol. The first-order valence-electron chi connectivity index (χ1n) is 7.46. The number of carbonyl (C=O) groups excluding carboxylic acids is 1. The third-order valence-corrected chi connectivity index (χ3v) is 3.99. The molecule has 0 aromatic rings. The molecule has 104 valence electrons. The molecule has 0 spiro atoms. The maximum atomic E-state index is 11.6. The van der Waals surface area contributed by atoms with Gasteiger partial charge in [0, 0.05) is 32.1 Å². The highest BCUT2D eigenvalue weighted by atomic mass is 16.1. The van der Waals surface area contributed by atoms with E-state index in [2.05, 4.69) is 22.5 Å². The maximum absolute atomic E-state index is 11.6. The van der Waals surface area contributed by atoms with Gasteiger partial charge in [-0.05, 0) is 44.7 Å². The van der Waals surface area contributed by atoms with Crippen LogP contribution in [0.15, 0.2) is 0 Å². The van der Waals surface area contributed by atoms with Crippen molar-refractivity contribution in [1.82, 2.24) is 15.5 Å². The van der Waals surface area contributed by atoms with Gasteiger partial charge in [-0.25, -0.2) is 0 Å². The van der Waals surface area contributed by atoms with E-state index in [0.717, 1.165) is 25.6 Å². The molecule has 2 rings (SSSR count). The summed E-state index contributed by atoms with van der Waals surface area (Å²) in [5.41, 5.74) is 0. The van der Waals surface area contributed by atoms with Crippen LogP contribution in [0.25, 0.3) is 0 Å². The molecule has 0 bridgehead atoms. The summed E-state index contributed by atoms with van der Waals surface area (Å²) in [5, 5.41) is 6.38. The minimum atomic E-state index is 0.188. The fourth-order valence-electron chi connectivity index (χ4n) is 2.40. The summed E-state index contributed by atoms with van der Waals surface area (Å²) < 4.78 is 0. The molecule has 4 heteroatoms. The molecule has 1 aliphatic carbocycles. The summed E-state index contributed by atoms with van der Waals surface area (Å²) in [5.74, 6) is 1.07. The Morgan fingerprint density at radius 1 is 1.17 bits per heavy atom. The Morgan fingerprint density at radius 3 is 2.56 bits per heavy atom. The van der Waals surface area contributed by atoms with Gasteiger partial charge in [-0.15, -0.1) is 0 Å². The van der Waals surface area contributed by atoms with Crippen molar-refractivity contribution in [3.63, 3.8) is 0 Å². The number of hydrogen-bond acceptors (Lipinski definition) is 3. The van der Waals surface area contributed by atoms with Crippen LogP contribution in [0.5, 0.6) is 0 Å². The monoisotopic (exact) mass is 253 g/mol. The van der Waals surface area contributed by atoms with Crippen LogP contribution in [0.3, 0.4) is 0 Å². The summed E-state index contributed by atoms with van der Waals surface area (Å²) in [6, 6.07) is 0.702. The van der Waals surface area contributed by atoms with E-state index in [1.165, 1.54) is 38.8 Å². The highest BCUT2D eigenvalue weighted by molar-refractivity contribution is 5.76. The molecule has 1 saturated heterocycles. The molecule has 4 nitrogen and oxygen atoms in total. The molecule has 0 unspecified atom stereocenters. The van der Waals surface area contributed by atoms with E-state index in [1.54, 1.807) is 0 Å². The first-order valence-corrected chi connectivity index (χ1v) is 7.46. The second kappa shape index (κ2) is 7.10. The van der Waals surface area contributed by atoms with Gasteiger partial charge in [0.25, 0.3) is 0 Å². The number of piperidine rings is 1. The lowest BCUT2D eigenvalue weighted by Crippen LogP contribution is -2.39. The summed E-state index contributed by atoms with van der Waals surface area (Å²) in [4.78, 5) is 14.0. The van der Waals surface area contributed by atoms with Gasteiger partial charge < -0.3 is 15.5 Å². The van der Waals surface area contributed by atoms with Gasteiger partial charge in [-0.1, -0.05) is 6.92 Å². The standard InChI is InChI=1S/C14H27N3O/c1-12-5-9-17(10-6-12)11-8-16-14(18)4-7-15-13-2-3-13/h12-13,15H,2-11H2,1H3,(H,16,18). The van der Waals surface area contributed by atoms with Gasteiger partial charge in [0.2, 0.25) is 5.91 Å². The Labute approximate surface area is 110 Å². The van der Waals surface area contributed by atoms with Gasteiger partial charge in [0.1, 0.15) is 0 Å². The van der Waals surface area contributed by atoms with Crippen LogP contribution in [0.1, 0.15) is 39.0 Å². The van der Waals surface area contributed by atoms with Crippen molar-refractivity contribution in [2.45, 2.75) is 45.1 Å². The molecule has 1 saturated carbocycles. The first-order chi connectivity index (χ1) is 8.74. The molecule has 18 heavy (non-hydrogen) atoms. The lowest BCUT2D eigenvalue weighted by Gasteiger charge is -2.30. The van der Waals surface area contributed by atoms with Crippen molar-refractivity contribution in [2.24, 2.45) is 5.92 Å². The van der Waals surface area contributed by atoms with Crippen molar-refractivity contribution in [2.75, 3.05) is 32.7 Å². The Balaban J connectivity index is 1.45. The third-order valence-electron chi connectivity index (χ3n) is 3.99. The molecule has 1 amide bonds. The molecule has 0 radical (unpaired) electrons. The minimum absolute atomic E-state index is 0.188. The van der Waals surface area contributed by atoms with Crippen LogP contribution in [-0.2, 0) is 4.79 Å².